The molecule has 3 rings (SSSR count). The Labute approximate surface area is 147 Å². The lowest BCUT2D eigenvalue weighted by molar-refractivity contribution is -0.114. The normalized spacial score (nSPS) is 15.8. The summed E-state index contributed by atoms with van der Waals surface area (Å²) in [6, 6.07) is 14.1. The quantitative estimate of drug-likeness (QED) is 0.824. The Bertz CT molecular complexity index is 868. The number of hydrazone groups is 1. The molecule has 0 fully saturated rings. The Morgan fingerprint density at radius 2 is 1.75 bits per heavy atom. The van der Waals surface area contributed by atoms with Crippen molar-refractivity contribution in [3.63, 3.8) is 0 Å². The first-order valence-corrected chi connectivity index (χ1v) is 8.02. The van der Waals surface area contributed by atoms with Crippen molar-refractivity contribution in [2.75, 3.05) is 5.01 Å². The van der Waals surface area contributed by atoms with Gasteiger partial charge in [-0.3, -0.25) is 9.59 Å². The minimum atomic E-state index is -0.509. The molecule has 120 valence electrons. The summed E-state index contributed by atoms with van der Waals surface area (Å²) in [6.07, 6.45) is 1.81. The van der Waals surface area contributed by atoms with Crippen molar-refractivity contribution >= 4 is 45.2 Å². The highest BCUT2D eigenvalue weighted by Crippen LogP contribution is 2.25. The van der Waals surface area contributed by atoms with Crippen molar-refractivity contribution in [1.82, 2.24) is 0 Å². The molecule has 2 aromatic carbocycles. The molecular formula is C18H14BrN3O2. The maximum Gasteiger partial charge on any atom is 0.280 e. The zero-order valence-electron chi connectivity index (χ0n) is 12.9. The Kier molecular flexibility index (Phi) is 4.31. The third-order valence-electron chi connectivity index (χ3n) is 3.64. The smallest absolute Gasteiger partial charge is 0.280 e. The molecule has 0 aliphatic carbocycles. The summed E-state index contributed by atoms with van der Waals surface area (Å²) in [5.41, 5.74) is 8.30. The molecule has 2 amide bonds. The van der Waals surface area contributed by atoms with Gasteiger partial charge in [-0.25, -0.2) is 0 Å². The minimum absolute atomic E-state index is 0.206. The SMILES string of the molecule is CC1=NN(c2ccc(C(N)=O)cc2)C(=O)/C1=C\c1ccc(Br)cc1. The second kappa shape index (κ2) is 6.41. The monoisotopic (exact) mass is 383 g/mol. The molecule has 0 atom stereocenters. The highest BCUT2D eigenvalue weighted by molar-refractivity contribution is 9.10. The largest absolute Gasteiger partial charge is 0.366 e. The molecule has 0 aromatic heterocycles. The van der Waals surface area contributed by atoms with Gasteiger partial charge in [0.05, 0.1) is 17.0 Å². The number of benzene rings is 2. The topological polar surface area (TPSA) is 75.8 Å². The molecule has 1 aliphatic heterocycles. The van der Waals surface area contributed by atoms with Gasteiger partial charge in [-0.05, 0) is 55.0 Å². The van der Waals surface area contributed by atoms with Crippen molar-refractivity contribution in [1.29, 1.82) is 0 Å². The standard InChI is InChI=1S/C18H14BrN3O2/c1-11-16(10-12-2-6-14(19)7-3-12)18(24)22(21-11)15-8-4-13(5-9-15)17(20)23/h2-10H,1H3,(H2,20,23)/b16-10-. The highest BCUT2D eigenvalue weighted by Gasteiger charge is 2.28. The minimum Gasteiger partial charge on any atom is -0.366 e. The van der Waals surface area contributed by atoms with Crippen molar-refractivity contribution in [2.24, 2.45) is 10.8 Å². The summed E-state index contributed by atoms with van der Waals surface area (Å²) >= 11 is 3.39. The summed E-state index contributed by atoms with van der Waals surface area (Å²) in [5.74, 6) is -0.716. The summed E-state index contributed by atoms with van der Waals surface area (Å²) in [4.78, 5) is 23.8. The Morgan fingerprint density at radius 1 is 1.12 bits per heavy atom. The third-order valence-corrected chi connectivity index (χ3v) is 4.17. The van der Waals surface area contributed by atoms with Crippen LogP contribution in [0.2, 0.25) is 0 Å². The lowest BCUT2D eigenvalue weighted by atomic mass is 10.1. The predicted molar refractivity (Wildman–Crippen MR) is 97.7 cm³/mol. The van der Waals surface area contributed by atoms with Gasteiger partial charge in [-0.15, -0.1) is 0 Å². The van der Waals surface area contributed by atoms with Gasteiger partial charge in [0.15, 0.2) is 0 Å². The molecule has 0 radical (unpaired) electrons. The summed E-state index contributed by atoms with van der Waals surface area (Å²) in [5, 5.41) is 5.64. The van der Waals surface area contributed by atoms with Crippen LogP contribution in [-0.4, -0.2) is 17.5 Å². The molecule has 1 aliphatic rings. The third kappa shape index (κ3) is 3.14. The summed E-state index contributed by atoms with van der Waals surface area (Å²) in [7, 11) is 0. The van der Waals surface area contributed by atoms with Crippen LogP contribution in [0.25, 0.3) is 6.08 Å². The van der Waals surface area contributed by atoms with E-state index in [-0.39, 0.29) is 5.91 Å². The fourth-order valence-corrected chi connectivity index (χ4v) is 2.62. The highest BCUT2D eigenvalue weighted by atomic mass is 79.9. The van der Waals surface area contributed by atoms with Crippen LogP contribution >= 0.6 is 15.9 Å². The molecular weight excluding hydrogens is 370 g/mol. The van der Waals surface area contributed by atoms with Gasteiger partial charge in [0.2, 0.25) is 5.91 Å². The number of carbonyl (C=O) groups excluding carboxylic acids is 2. The number of amides is 2. The average molecular weight is 384 g/mol. The van der Waals surface area contributed by atoms with Crippen molar-refractivity contribution in [3.8, 4) is 0 Å². The van der Waals surface area contributed by atoms with E-state index in [9.17, 15) is 9.59 Å². The Morgan fingerprint density at radius 3 is 2.33 bits per heavy atom. The number of primary amides is 1. The van der Waals surface area contributed by atoms with Crippen LogP contribution in [0.5, 0.6) is 0 Å². The van der Waals surface area contributed by atoms with Crippen LogP contribution in [-0.2, 0) is 4.79 Å². The second-order valence-electron chi connectivity index (χ2n) is 5.32. The van der Waals surface area contributed by atoms with E-state index < -0.39 is 5.91 Å². The van der Waals surface area contributed by atoms with Crippen molar-refractivity contribution in [2.45, 2.75) is 6.92 Å². The van der Waals surface area contributed by atoms with Crippen LogP contribution in [0.15, 0.2) is 63.7 Å². The molecule has 0 saturated carbocycles. The van der Waals surface area contributed by atoms with E-state index in [1.165, 1.54) is 5.01 Å². The van der Waals surface area contributed by atoms with Crippen LogP contribution in [0.1, 0.15) is 22.8 Å². The number of rotatable bonds is 3. The van der Waals surface area contributed by atoms with E-state index >= 15 is 0 Å². The number of anilines is 1. The Balaban J connectivity index is 1.90. The molecule has 2 aromatic rings. The zero-order valence-corrected chi connectivity index (χ0v) is 14.4. The number of nitrogens with zero attached hydrogens (tertiary/aromatic N) is 2. The number of nitrogens with two attached hydrogens (primary N) is 1. The molecule has 24 heavy (non-hydrogen) atoms. The van der Waals surface area contributed by atoms with E-state index in [0.717, 1.165) is 10.0 Å². The van der Waals surface area contributed by atoms with Crippen LogP contribution < -0.4 is 10.7 Å². The number of hydrogen-bond acceptors (Lipinski definition) is 3. The molecule has 0 unspecified atom stereocenters. The fraction of sp³-hybridized carbons (Fsp3) is 0.0556. The van der Waals surface area contributed by atoms with E-state index in [1.807, 2.05) is 30.3 Å². The van der Waals surface area contributed by atoms with Gasteiger partial charge in [0.1, 0.15) is 0 Å². The predicted octanol–water partition coefficient (Wildman–Crippen LogP) is 3.35. The van der Waals surface area contributed by atoms with Crippen molar-refractivity contribution in [3.05, 3.63) is 69.7 Å². The summed E-state index contributed by atoms with van der Waals surface area (Å²) < 4.78 is 0.976. The average Bonchev–Trinajstić information content (AvgIpc) is 2.85. The van der Waals surface area contributed by atoms with Gasteiger partial charge in [0.25, 0.3) is 5.91 Å². The lowest BCUT2D eigenvalue weighted by Crippen LogP contribution is -2.21. The molecule has 2 N–H and O–H groups in total. The van der Waals surface area contributed by atoms with E-state index in [4.69, 9.17) is 5.73 Å². The molecule has 0 bridgehead atoms. The molecule has 0 saturated heterocycles. The van der Waals surface area contributed by atoms with Gasteiger partial charge >= 0.3 is 0 Å². The fourth-order valence-electron chi connectivity index (χ4n) is 2.35. The molecule has 6 heteroatoms. The number of carbonyl (C=O) groups is 2. The van der Waals surface area contributed by atoms with E-state index in [0.29, 0.717) is 22.5 Å². The van der Waals surface area contributed by atoms with Crippen LogP contribution in [0, 0.1) is 0 Å². The maximum absolute atomic E-state index is 12.6. The zero-order chi connectivity index (χ0) is 17.3. The maximum atomic E-state index is 12.6. The molecule has 5 nitrogen and oxygen atoms in total. The number of halogens is 1. The van der Waals surface area contributed by atoms with Gasteiger partial charge < -0.3 is 5.73 Å². The van der Waals surface area contributed by atoms with Crippen molar-refractivity contribution < 1.29 is 9.59 Å². The molecule has 1 heterocycles. The first-order chi connectivity index (χ1) is 11.5. The molecule has 0 spiro atoms. The van der Waals surface area contributed by atoms with E-state index in [1.54, 1.807) is 31.2 Å². The number of hydrogen-bond donors (Lipinski definition) is 1. The summed E-state index contributed by atoms with van der Waals surface area (Å²) in [6.45, 7) is 1.79. The van der Waals surface area contributed by atoms with Gasteiger partial charge in [-0.1, -0.05) is 28.1 Å². The lowest BCUT2D eigenvalue weighted by Gasteiger charge is -2.11. The first kappa shape index (κ1) is 16.1. The van der Waals surface area contributed by atoms with Crippen LogP contribution in [0.3, 0.4) is 0 Å². The van der Waals surface area contributed by atoms with Gasteiger partial charge in [-0.2, -0.15) is 10.1 Å². The first-order valence-electron chi connectivity index (χ1n) is 7.23. The Hall–Kier alpha value is -2.73. The second-order valence-corrected chi connectivity index (χ2v) is 6.24. The van der Waals surface area contributed by atoms with Crippen LogP contribution in [0.4, 0.5) is 5.69 Å². The van der Waals surface area contributed by atoms with E-state index in [2.05, 4.69) is 21.0 Å². The van der Waals surface area contributed by atoms with Gasteiger partial charge in [0, 0.05) is 10.0 Å².